The van der Waals surface area contributed by atoms with Gasteiger partial charge in [0.15, 0.2) is 0 Å². The van der Waals surface area contributed by atoms with E-state index < -0.39 is 17.7 Å². The van der Waals surface area contributed by atoms with Crippen LogP contribution in [0.1, 0.15) is 5.69 Å². The third-order valence-electron chi connectivity index (χ3n) is 3.80. The summed E-state index contributed by atoms with van der Waals surface area (Å²) in [6.45, 7) is 0. The van der Waals surface area contributed by atoms with Gasteiger partial charge in [-0.2, -0.15) is 13.2 Å². The van der Waals surface area contributed by atoms with Crippen LogP contribution in [-0.2, 0) is 6.18 Å². The second-order valence-electron chi connectivity index (χ2n) is 5.45. The SMILES string of the molecule is Fc1ccc(-c2cnc3nc(C(F)(F)F)ccn23)cc1-c1cncnc1. The van der Waals surface area contributed by atoms with E-state index in [4.69, 9.17) is 0 Å². The molecule has 0 N–H and O–H groups in total. The smallest absolute Gasteiger partial charge is 0.284 e. The molecule has 0 aliphatic rings. The predicted molar refractivity (Wildman–Crippen MR) is 84.4 cm³/mol. The predicted octanol–water partition coefficient (Wildman–Crippen LogP) is 4.01. The minimum atomic E-state index is -4.55. The van der Waals surface area contributed by atoms with Gasteiger partial charge in [0.25, 0.3) is 0 Å². The van der Waals surface area contributed by atoms with Crippen molar-refractivity contribution in [3.63, 3.8) is 0 Å². The van der Waals surface area contributed by atoms with Crippen LogP contribution in [0.4, 0.5) is 17.6 Å². The van der Waals surface area contributed by atoms with Crippen molar-refractivity contribution in [1.29, 1.82) is 0 Å². The lowest BCUT2D eigenvalue weighted by Crippen LogP contribution is -2.09. The number of benzene rings is 1. The summed E-state index contributed by atoms with van der Waals surface area (Å²) in [5.74, 6) is -0.557. The molecule has 0 atom stereocenters. The van der Waals surface area contributed by atoms with Crippen molar-refractivity contribution in [2.24, 2.45) is 0 Å². The average Bonchev–Trinajstić information content (AvgIpc) is 3.05. The molecular weight excluding hydrogens is 350 g/mol. The molecule has 9 heteroatoms. The van der Waals surface area contributed by atoms with E-state index in [1.165, 1.54) is 47.6 Å². The first-order valence-electron chi connectivity index (χ1n) is 7.40. The highest BCUT2D eigenvalue weighted by atomic mass is 19.4. The lowest BCUT2D eigenvalue weighted by atomic mass is 10.0. The maximum Gasteiger partial charge on any atom is 0.433 e. The van der Waals surface area contributed by atoms with E-state index in [0.29, 0.717) is 16.8 Å². The zero-order valence-corrected chi connectivity index (χ0v) is 12.9. The number of hydrogen-bond donors (Lipinski definition) is 0. The molecule has 0 aliphatic heterocycles. The summed E-state index contributed by atoms with van der Waals surface area (Å²) in [6, 6.07) is 5.22. The third-order valence-corrected chi connectivity index (χ3v) is 3.80. The molecule has 26 heavy (non-hydrogen) atoms. The topological polar surface area (TPSA) is 56.0 Å². The van der Waals surface area contributed by atoms with Gasteiger partial charge in [-0.3, -0.25) is 4.40 Å². The Morgan fingerprint density at radius 2 is 1.69 bits per heavy atom. The molecule has 1 aromatic carbocycles. The summed E-state index contributed by atoms with van der Waals surface area (Å²) in [5, 5.41) is 0. The molecule has 0 fully saturated rings. The number of aromatic nitrogens is 5. The molecule has 0 spiro atoms. The zero-order chi connectivity index (χ0) is 18.3. The third kappa shape index (κ3) is 2.77. The number of imidazole rings is 1. The maximum absolute atomic E-state index is 14.2. The van der Waals surface area contributed by atoms with Crippen LogP contribution in [0.15, 0.2) is 55.4 Å². The molecule has 0 radical (unpaired) electrons. The summed E-state index contributed by atoms with van der Waals surface area (Å²) < 4.78 is 53.9. The van der Waals surface area contributed by atoms with E-state index in [-0.39, 0.29) is 11.3 Å². The standard InChI is InChI=1S/C17H9F4N5/c18-13-2-1-10(5-12(13)11-6-22-9-23-7-11)14-8-24-16-25-15(17(19,20)21)3-4-26(14)16/h1-9H. The molecule has 0 amide bonds. The van der Waals surface area contributed by atoms with Crippen molar-refractivity contribution in [2.75, 3.05) is 0 Å². The largest absolute Gasteiger partial charge is 0.433 e. The molecular formula is C17H9F4N5. The van der Waals surface area contributed by atoms with Gasteiger partial charge >= 0.3 is 6.18 Å². The molecule has 0 unspecified atom stereocenters. The molecule has 0 saturated heterocycles. The summed E-state index contributed by atoms with van der Waals surface area (Å²) in [7, 11) is 0. The fraction of sp³-hybridized carbons (Fsp3) is 0.0588. The van der Waals surface area contributed by atoms with Crippen LogP contribution in [0.3, 0.4) is 0 Å². The van der Waals surface area contributed by atoms with Crippen LogP contribution in [0.5, 0.6) is 0 Å². The first-order valence-corrected chi connectivity index (χ1v) is 7.40. The quantitative estimate of drug-likeness (QED) is 0.508. The van der Waals surface area contributed by atoms with E-state index in [1.807, 2.05) is 0 Å². The summed E-state index contributed by atoms with van der Waals surface area (Å²) >= 11 is 0. The Morgan fingerprint density at radius 1 is 0.923 bits per heavy atom. The molecule has 5 nitrogen and oxygen atoms in total. The Hall–Kier alpha value is -3.36. The van der Waals surface area contributed by atoms with Gasteiger partial charge in [0.2, 0.25) is 5.78 Å². The van der Waals surface area contributed by atoms with E-state index in [0.717, 1.165) is 6.07 Å². The molecule has 3 heterocycles. The zero-order valence-electron chi connectivity index (χ0n) is 12.9. The molecule has 3 aromatic heterocycles. The van der Waals surface area contributed by atoms with E-state index in [9.17, 15) is 17.6 Å². The van der Waals surface area contributed by atoms with E-state index in [1.54, 1.807) is 6.07 Å². The fourth-order valence-electron chi connectivity index (χ4n) is 2.59. The second-order valence-corrected chi connectivity index (χ2v) is 5.45. The maximum atomic E-state index is 14.2. The highest BCUT2D eigenvalue weighted by Gasteiger charge is 2.33. The molecule has 130 valence electrons. The van der Waals surface area contributed by atoms with Gasteiger partial charge in [-0.1, -0.05) is 0 Å². The monoisotopic (exact) mass is 359 g/mol. The number of nitrogens with zero attached hydrogens (tertiary/aromatic N) is 5. The van der Waals surface area contributed by atoms with Crippen LogP contribution in [0.2, 0.25) is 0 Å². The minimum Gasteiger partial charge on any atom is -0.284 e. The van der Waals surface area contributed by atoms with Crippen LogP contribution in [0, 0.1) is 5.82 Å². The van der Waals surface area contributed by atoms with Crippen LogP contribution in [-0.4, -0.2) is 24.3 Å². The Bertz CT molecular complexity index is 1090. The Labute approximate surface area is 144 Å². The van der Waals surface area contributed by atoms with Crippen LogP contribution in [0.25, 0.3) is 28.2 Å². The Kier molecular flexibility index (Phi) is 3.64. The molecule has 0 saturated carbocycles. The van der Waals surface area contributed by atoms with Crippen molar-refractivity contribution >= 4 is 5.78 Å². The number of alkyl halides is 3. The van der Waals surface area contributed by atoms with Gasteiger partial charge in [0.1, 0.15) is 17.8 Å². The van der Waals surface area contributed by atoms with Crippen molar-refractivity contribution in [3.05, 3.63) is 66.9 Å². The van der Waals surface area contributed by atoms with Gasteiger partial charge in [0.05, 0.1) is 11.9 Å². The van der Waals surface area contributed by atoms with Crippen LogP contribution >= 0.6 is 0 Å². The lowest BCUT2D eigenvalue weighted by Gasteiger charge is -2.08. The summed E-state index contributed by atoms with van der Waals surface area (Å²) in [5.41, 5.74) is 0.790. The molecule has 0 aliphatic carbocycles. The van der Waals surface area contributed by atoms with Crippen molar-refractivity contribution in [3.8, 4) is 22.4 Å². The summed E-state index contributed by atoms with van der Waals surface area (Å²) in [6.07, 6.45) is 2.36. The van der Waals surface area contributed by atoms with Crippen molar-refractivity contribution in [1.82, 2.24) is 24.3 Å². The molecule has 4 rings (SSSR count). The first-order chi connectivity index (χ1) is 12.4. The number of fused-ring (bicyclic) bond motifs is 1. The minimum absolute atomic E-state index is 0.0938. The summed E-state index contributed by atoms with van der Waals surface area (Å²) in [4.78, 5) is 15.2. The highest BCUT2D eigenvalue weighted by molar-refractivity contribution is 5.72. The van der Waals surface area contributed by atoms with Gasteiger partial charge in [-0.15, -0.1) is 0 Å². The number of hydrogen-bond acceptors (Lipinski definition) is 4. The molecule has 4 aromatic rings. The Morgan fingerprint density at radius 3 is 2.42 bits per heavy atom. The van der Waals surface area contributed by atoms with Crippen LogP contribution < -0.4 is 0 Å². The van der Waals surface area contributed by atoms with E-state index >= 15 is 0 Å². The van der Waals surface area contributed by atoms with Gasteiger partial charge in [-0.25, -0.2) is 24.3 Å². The van der Waals surface area contributed by atoms with Crippen molar-refractivity contribution < 1.29 is 17.6 Å². The van der Waals surface area contributed by atoms with Crippen molar-refractivity contribution in [2.45, 2.75) is 6.18 Å². The molecule has 0 bridgehead atoms. The van der Waals surface area contributed by atoms with Gasteiger partial charge in [-0.05, 0) is 24.3 Å². The normalized spacial score (nSPS) is 11.8. The first kappa shape index (κ1) is 16.1. The fourth-order valence-corrected chi connectivity index (χ4v) is 2.59. The second kappa shape index (κ2) is 5.87. The Balaban J connectivity index is 1.84. The van der Waals surface area contributed by atoms with Gasteiger partial charge < -0.3 is 0 Å². The highest BCUT2D eigenvalue weighted by Crippen LogP contribution is 2.30. The number of rotatable bonds is 2. The average molecular weight is 359 g/mol. The van der Waals surface area contributed by atoms with E-state index in [2.05, 4.69) is 19.9 Å². The lowest BCUT2D eigenvalue weighted by molar-refractivity contribution is -0.141. The number of halogens is 4. The van der Waals surface area contributed by atoms with Gasteiger partial charge in [0, 0.05) is 35.3 Å².